The molecule has 0 spiro atoms. The molecule has 4 nitrogen and oxygen atoms in total. The van der Waals surface area contributed by atoms with Crippen molar-refractivity contribution in [2.45, 2.75) is 20.0 Å². The number of hydrogen-bond donors (Lipinski definition) is 1. The van der Waals surface area contributed by atoms with Gasteiger partial charge in [-0.1, -0.05) is 31.2 Å². The van der Waals surface area contributed by atoms with Crippen molar-refractivity contribution >= 4 is 21.7 Å². The van der Waals surface area contributed by atoms with Crippen molar-refractivity contribution in [2.24, 2.45) is 0 Å². The number of hydrogen-bond acceptors (Lipinski definition) is 4. The van der Waals surface area contributed by atoms with Crippen LogP contribution < -0.4 is 5.73 Å². The minimum atomic E-state index is 0.467. The Hall–Kier alpha value is -1.46. The highest BCUT2D eigenvalue weighted by molar-refractivity contribution is 9.10. The van der Waals surface area contributed by atoms with E-state index >= 15 is 0 Å². The molecular weight excluding hydrogens is 306 g/mol. The van der Waals surface area contributed by atoms with Gasteiger partial charge in [0.05, 0.1) is 16.8 Å². The maximum absolute atomic E-state index is 5.93. The van der Waals surface area contributed by atoms with Gasteiger partial charge in [-0.3, -0.25) is 0 Å². The van der Waals surface area contributed by atoms with Crippen molar-refractivity contribution in [3.63, 3.8) is 0 Å². The second kappa shape index (κ2) is 6.12. The van der Waals surface area contributed by atoms with Crippen LogP contribution in [-0.2, 0) is 17.8 Å². The number of methoxy groups -OCH3 is 1. The van der Waals surface area contributed by atoms with Crippen LogP contribution in [-0.4, -0.2) is 17.1 Å². The van der Waals surface area contributed by atoms with Crippen molar-refractivity contribution in [1.29, 1.82) is 0 Å². The van der Waals surface area contributed by atoms with E-state index in [1.54, 1.807) is 7.11 Å². The predicted octanol–water partition coefficient (Wildman–Crippen LogP) is 3.20. The third kappa shape index (κ3) is 2.93. The van der Waals surface area contributed by atoms with Crippen molar-refractivity contribution in [2.75, 3.05) is 12.8 Å². The van der Waals surface area contributed by atoms with E-state index in [1.165, 1.54) is 0 Å². The molecule has 2 rings (SSSR count). The van der Waals surface area contributed by atoms with E-state index in [-0.39, 0.29) is 0 Å². The summed E-state index contributed by atoms with van der Waals surface area (Å²) in [7, 11) is 1.67. The topological polar surface area (TPSA) is 61.0 Å². The fourth-order valence-electron chi connectivity index (χ4n) is 1.89. The number of nitrogens with zero attached hydrogens (tertiary/aromatic N) is 2. The van der Waals surface area contributed by atoms with Gasteiger partial charge in [-0.2, -0.15) is 0 Å². The lowest BCUT2D eigenvalue weighted by Crippen LogP contribution is -2.03. The van der Waals surface area contributed by atoms with Gasteiger partial charge in [0.2, 0.25) is 0 Å². The molecule has 1 heterocycles. The number of nitrogen functional groups attached to an aromatic ring is 1. The zero-order chi connectivity index (χ0) is 13.8. The van der Waals surface area contributed by atoms with E-state index < -0.39 is 0 Å². The van der Waals surface area contributed by atoms with E-state index in [9.17, 15) is 0 Å². The number of anilines is 1. The minimum Gasteiger partial charge on any atom is -0.383 e. The lowest BCUT2D eigenvalue weighted by atomic mass is 10.1. The van der Waals surface area contributed by atoms with Crippen molar-refractivity contribution < 1.29 is 4.74 Å². The molecule has 0 aliphatic rings. The Kier molecular flexibility index (Phi) is 4.50. The Morgan fingerprint density at radius 1 is 1.26 bits per heavy atom. The molecule has 1 aromatic heterocycles. The second-order valence-electron chi connectivity index (χ2n) is 4.14. The van der Waals surface area contributed by atoms with Crippen LogP contribution in [0.2, 0.25) is 0 Å². The van der Waals surface area contributed by atoms with Crippen LogP contribution in [0.4, 0.5) is 5.82 Å². The van der Waals surface area contributed by atoms with E-state index in [1.807, 2.05) is 31.2 Å². The van der Waals surface area contributed by atoms with Crippen LogP contribution in [0, 0.1) is 0 Å². The van der Waals surface area contributed by atoms with E-state index in [0.717, 1.165) is 27.7 Å². The zero-order valence-electron chi connectivity index (χ0n) is 11.0. The summed E-state index contributed by atoms with van der Waals surface area (Å²) in [5.41, 5.74) is 8.85. The summed E-state index contributed by atoms with van der Waals surface area (Å²) < 4.78 is 5.99. The molecule has 0 aliphatic carbocycles. The summed E-state index contributed by atoms with van der Waals surface area (Å²) in [6.45, 7) is 2.56. The fourth-order valence-corrected chi connectivity index (χ4v) is 2.35. The lowest BCUT2D eigenvalue weighted by molar-refractivity contribution is 0.185. The van der Waals surface area contributed by atoms with Gasteiger partial charge >= 0.3 is 0 Å². The molecule has 0 saturated carbocycles. The molecule has 1 aromatic carbocycles. The van der Waals surface area contributed by atoms with Crippen LogP contribution in [0.1, 0.15) is 18.2 Å². The Morgan fingerprint density at radius 3 is 2.68 bits per heavy atom. The molecule has 0 fully saturated rings. The normalized spacial score (nSPS) is 10.7. The molecule has 0 bridgehead atoms. The van der Waals surface area contributed by atoms with Gasteiger partial charge in [0, 0.05) is 12.7 Å². The highest BCUT2D eigenvalue weighted by atomic mass is 79.9. The van der Waals surface area contributed by atoms with Gasteiger partial charge in [0.15, 0.2) is 5.82 Å². The van der Waals surface area contributed by atoms with E-state index in [2.05, 4.69) is 25.9 Å². The summed E-state index contributed by atoms with van der Waals surface area (Å²) in [4.78, 5) is 8.93. The first-order valence-corrected chi connectivity index (χ1v) is 6.85. The molecule has 5 heteroatoms. The molecule has 0 radical (unpaired) electrons. The molecule has 0 unspecified atom stereocenters. The van der Waals surface area contributed by atoms with E-state index in [0.29, 0.717) is 18.2 Å². The number of benzene rings is 1. The summed E-state index contributed by atoms with van der Waals surface area (Å²) in [6, 6.07) is 7.92. The number of halogens is 1. The van der Waals surface area contributed by atoms with Gasteiger partial charge in [0.25, 0.3) is 0 Å². The van der Waals surface area contributed by atoms with Crippen LogP contribution in [0.3, 0.4) is 0 Å². The molecule has 19 heavy (non-hydrogen) atoms. The van der Waals surface area contributed by atoms with Crippen molar-refractivity contribution in [1.82, 2.24) is 9.97 Å². The first-order chi connectivity index (χ1) is 9.17. The summed E-state index contributed by atoms with van der Waals surface area (Å²) >= 11 is 3.42. The van der Waals surface area contributed by atoms with Crippen molar-refractivity contribution in [3.8, 4) is 11.4 Å². The van der Waals surface area contributed by atoms with E-state index in [4.69, 9.17) is 10.5 Å². The van der Waals surface area contributed by atoms with Gasteiger partial charge in [-0.05, 0) is 27.9 Å². The average molecular weight is 322 g/mol. The molecule has 0 atom stereocenters. The number of rotatable bonds is 4. The molecule has 0 aliphatic heterocycles. The number of ether oxygens (including phenoxy) is 1. The minimum absolute atomic E-state index is 0.467. The van der Waals surface area contributed by atoms with Crippen LogP contribution in [0.25, 0.3) is 11.4 Å². The Balaban J connectivity index is 2.56. The monoisotopic (exact) mass is 321 g/mol. The SMILES string of the molecule is CCc1nc(-c2ccccc2COC)nc(N)c1Br. The molecule has 0 amide bonds. The lowest BCUT2D eigenvalue weighted by Gasteiger charge is -2.11. The highest BCUT2D eigenvalue weighted by Gasteiger charge is 2.12. The van der Waals surface area contributed by atoms with Gasteiger partial charge in [0.1, 0.15) is 5.82 Å². The predicted molar refractivity (Wildman–Crippen MR) is 79.7 cm³/mol. The first-order valence-electron chi connectivity index (χ1n) is 6.06. The maximum Gasteiger partial charge on any atom is 0.162 e. The molecule has 100 valence electrons. The largest absolute Gasteiger partial charge is 0.383 e. The van der Waals surface area contributed by atoms with Gasteiger partial charge in [-0.25, -0.2) is 9.97 Å². The van der Waals surface area contributed by atoms with Crippen LogP contribution in [0.15, 0.2) is 28.7 Å². The first kappa shape index (κ1) is 14.0. The van der Waals surface area contributed by atoms with Gasteiger partial charge in [-0.15, -0.1) is 0 Å². The Labute approximate surface area is 121 Å². The summed E-state index contributed by atoms with van der Waals surface area (Å²) in [6.07, 6.45) is 0.798. The molecule has 2 N–H and O–H groups in total. The fraction of sp³-hybridized carbons (Fsp3) is 0.286. The third-order valence-corrected chi connectivity index (χ3v) is 3.70. The summed E-state index contributed by atoms with van der Waals surface area (Å²) in [5, 5.41) is 0. The smallest absolute Gasteiger partial charge is 0.162 e. The van der Waals surface area contributed by atoms with Crippen LogP contribution >= 0.6 is 15.9 Å². The molecule has 0 saturated heterocycles. The summed E-state index contributed by atoms with van der Waals surface area (Å²) in [5.74, 6) is 1.11. The maximum atomic E-state index is 5.93. The number of aromatic nitrogens is 2. The zero-order valence-corrected chi connectivity index (χ0v) is 12.6. The molecule has 2 aromatic rings. The Morgan fingerprint density at radius 2 is 2.00 bits per heavy atom. The molecular formula is C14H16BrN3O. The number of nitrogens with two attached hydrogens (primary N) is 1. The highest BCUT2D eigenvalue weighted by Crippen LogP contribution is 2.27. The van der Waals surface area contributed by atoms with Gasteiger partial charge < -0.3 is 10.5 Å². The quantitative estimate of drug-likeness (QED) is 0.939. The third-order valence-electron chi connectivity index (χ3n) is 2.84. The Bertz CT molecular complexity index is 587. The average Bonchev–Trinajstić information content (AvgIpc) is 2.43. The standard InChI is InChI=1S/C14H16BrN3O/c1-3-11-12(15)13(16)18-14(17-11)10-7-5-4-6-9(10)8-19-2/h4-7H,3,8H2,1-2H3,(H2,16,17,18). The second-order valence-corrected chi connectivity index (χ2v) is 4.93. The van der Waals surface area contributed by atoms with Crippen molar-refractivity contribution in [3.05, 3.63) is 40.0 Å². The number of aryl methyl sites for hydroxylation is 1. The van der Waals surface area contributed by atoms with Crippen LogP contribution in [0.5, 0.6) is 0 Å².